The predicted octanol–water partition coefficient (Wildman–Crippen LogP) is 3.05. The average Bonchev–Trinajstić information content (AvgIpc) is 2.53. The molecule has 0 aliphatic heterocycles. The molecule has 0 spiro atoms. The van der Waals surface area contributed by atoms with Gasteiger partial charge in [0, 0.05) is 17.3 Å². The fourth-order valence-electron chi connectivity index (χ4n) is 1.83. The minimum atomic E-state index is -1.02. The van der Waals surface area contributed by atoms with Crippen LogP contribution in [0.15, 0.2) is 54.6 Å². The first-order valence-corrected chi connectivity index (χ1v) is 6.55. The quantitative estimate of drug-likeness (QED) is 0.832. The van der Waals surface area contributed by atoms with E-state index in [1.165, 1.54) is 6.08 Å². The van der Waals surface area contributed by atoms with Crippen LogP contribution < -0.4 is 10.1 Å². The predicted molar refractivity (Wildman–Crippen MR) is 84.1 cm³/mol. The molecule has 0 bridgehead atoms. The van der Waals surface area contributed by atoms with Crippen molar-refractivity contribution in [3.63, 3.8) is 0 Å². The van der Waals surface area contributed by atoms with Gasteiger partial charge in [0.05, 0.1) is 7.11 Å². The van der Waals surface area contributed by atoms with E-state index in [2.05, 4.69) is 5.32 Å². The average molecular weight is 297 g/mol. The first-order chi connectivity index (χ1) is 10.6. The number of hydrogen-bond donors (Lipinski definition) is 2. The Kier molecular flexibility index (Phi) is 4.93. The zero-order valence-electron chi connectivity index (χ0n) is 11.9. The lowest BCUT2D eigenvalue weighted by Gasteiger charge is -2.07. The van der Waals surface area contributed by atoms with Crippen LogP contribution in [0.25, 0.3) is 6.08 Å². The summed E-state index contributed by atoms with van der Waals surface area (Å²) in [6.07, 6.45) is 2.51. The number of carboxylic acid groups (broad SMARTS) is 1. The number of hydrogen-bond acceptors (Lipinski definition) is 3. The van der Waals surface area contributed by atoms with Crippen molar-refractivity contribution in [3.8, 4) is 5.75 Å². The second-order valence-electron chi connectivity index (χ2n) is 4.48. The van der Waals surface area contributed by atoms with Crippen LogP contribution in [0.3, 0.4) is 0 Å². The number of rotatable bonds is 5. The van der Waals surface area contributed by atoms with Gasteiger partial charge in [-0.05, 0) is 48.0 Å². The molecule has 2 N–H and O–H groups in total. The van der Waals surface area contributed by atoms with Crippen LogP contribution in [0.4, 0.5) is 5.69 Å². The largest absolute Gasteiger partial charge is 0.497 e. The van der Waals surface area contributed by atoms with E-state index < -0.39 is 5.97 Å². The molecule has 0 fully saturated rings. The highest BCUT2D eigenvalue weighted by atomic mass is 16.5. The van der Waals surface area contributed by atoms with Crippen LogP contribution >= 0.6 is 0 Å². The van der Waals surface area contributed by atoms with Crippen LogP contribution in [0.5, 0.6) is 5.75 Å². The fraction of sp³-hybridized carbons (Fsp3) is 0.0588. The minimum Gasteiger partial charge on any atom is -0.497 e. The molecular formula is C17H15NO4. The third kappa shape index (κ3) is 4.21. The van der Waals surface area contributed by atoms with Gasteiger partial charge in [0.1, 0.15) is 5.75 Å². The molecule has 0 saturated carbocycles. The second kappa shape index (κ2) is 7.08. The molecule has 0 aliphatic carbocycles. The number of carbonyl (C=O) groups excluding carboxylic acids is 1. The maximum Gasteiger partial charge on any atom is 0.328 e. The van der Waals surface area contributed by atoms with Crippen molar-refractivity contribution >= 4 is 23.6 Å². The van der Waals surface area contributed by atoms with Gasteiger partial charge in [-0.25, -0.2) is 4.79 Å². The number of anilines is 1. The molecule has 0 radical (unpaired) electrons. The van der Waals surface area contributed by atoms with E-state index in [9.17, 15) is 9.59 Å². The summed E-state index contributed by atoms with van der Waals surface area (Å²) in [6, 6.07) is 13.7. The number of carboxylic acids is 1. The summed E-state index contributed by atoms with van der Waals surface area (Å²) in [5.41, 5.74) is 1.79. The minimum absolute atomic E-state index is 0.248. The van der Waals surface area contributed by atoms with Crippen molar-refractivity contribution in [2.75, 3.05) is 12.4 Å². The molecule has 0 aromatic heterocycles. The van der Waals surface area contributed by atoms with Gasteiger partial charge in [0.15, 0.2) is 0 Å². The van der Waals surface area contributed by atoms with Gasteiger partial charge < -0.3 is 15.2 Å². The summed E-state index contributed by atoms with van der Waals surface area (Å²) in [4.78, 5) is 22.6. The highest BCUT2D eigenvalue weighted by molar-refractivity contribution is 6.04. The van der Waals surface area contributed by atoms with Gasteiger partial charge in [-0.2, -0.15) is 0 Å². The van der Waals surface area contributed by atoms with Crippen LogP contribution in [0.2, 0.25) is 0 Å². The summed E-state index contributed by atoms with van der Waals surface area (Å²) in [5.74, 6) is -0.591. The van der Waals surface area contributed by atoms with Crippen molar-refractivity contribution in [2.45, 2.75) is 0 Å². The van der Waals surface area contributed by atoms with Crippen molar-refractivity contribution in [1.29, 1.82) is 0 Å². The third-order valence-electron chi connectivity index (χ3n) is 2.92. The zero-order valence-corrected chi connectivity index (χ0v) is 11.9. The van der Waals surface area contributed by atoms with Crippen molar-refractivity contribution < 1.29 is 19.4 Å². The van der Waals surface area contributed by atoms with E-state index in [0.717, 1.165) is 6.08 Å². The van der Waals surface area contributed by atoms with Crippen LogP contribution in [0.1, 0.15) is 15.9 Å². The number of carbonyl (C=O) groups is 2. The molecule has 2 aromatic rings. The SMILES string of the molecule is COc1ccc(C(=O)Nc2cccc(/C=C/C(=O)O)c2)cc1. The Morgan fingerprint density at radius 3 is 2.50 bits per heavy atom. The summed E-state index contributed by atoms with van der Waals surface area (Å²) in [6.45, 7) is 0. The summed E-state index contributed by atoms with van der Waals surface area (Å²) in [5, 5.41) is 11.4. The highest BCUT2D eigenvalue weighted by Crippen LogP contribution is 2.15. The Hall–Kier alpha value is -3.08. The molecule has 0 heterocycles. The van der Waals surface area contributed by atoms with E-state index in [1.807, 2.05) is 0 Å². The van der Waals surface area contributed by atoms with Gasteiger partial charge in [0.25, 0.3) is 5.91 Å². The fourth-order valence-corrected chi connectivity index (χ4v) is 1.83. The normalized spacial score (nSPS) is 10.4. The molecular weight excluding hydrogens is 282 g/mol. The third-order valence-corrected chi connectivity index (χ3v) is 2.92. The Balaban J connectivity index is 2.10. The van der Waals surface area contributed by atoms with Crippen LogP contribution in [0, 0.1) is 0 Å². The van der Waals surface area contributed by atoms with Crippen LogP contribution in [-0.2, 0) is 4.79 Å². The molecule has 2 rings (SSSR count). The summed E-state index contributed by atoms with van der Waals surface area (Å²) in [7, 11) is 1.56. The first kappa shape index (κ1) is 15.3. The number of amides is 1. The Morgan fingerprint density at radius 1 is 1.14 bits per heavy atom. The molecule has 1 amide bonds. The molecule has 0 saturated heterocycles. The summed E-state index contributed by atoms with van der Waals surface area (Å²) < 4.78 is 5.04. The molecule has 2 aromatic carbocycles. The Labute approximate surface area is 127 Å². The van der Waals surface area contributed by atoms with E-state index in [-0.39, 0.29) is 5.91 Å². The first-order valence-electron chi connectivity index (χ1n) is 6.55. The molecule has 22 heavy (non-hydrogen) atoms. The standard InChI is InChI=1S/C17H15NO4/c1-22-15-8-6-13(7-9-15)17(21)18-14-4-2-3-12(11-14)5-10-16(19)20/h2-11H,1H3,(H,18,21)(H,19,20)/b10-5+. The Bertz CT molecular complexity index is 705. The number of nitrogens with one attached hydrogen (secondary N) is 1. The number of ether oxygens (including phenoxy) is 1. The molecule has 0 atom stereocenters. The number of benzene rings is 2. The smallest absolute Gasteiger partial charge is 0.328 e. The maximum atomic E-state index is 12.1. The lowest BCUT2D eigenvalue weighted by Crippen LogP contribution is -2.11. The topological polar surface area (TPSA) is 75.6 Å². The van der Waals surface area contributed by atoms with Gasteiger partial charge in [-0.15, -0.1) is 0 Å². The number of methoxy groups -OCH3 is 1. The van der Waals surface area contributed by atoms with E-state index in [0.29, 0.717) is 22.6 Å². The van der Waals surface area contributed by atoms with E-state index in [4.69, 9.17) is 9.84 Å². The molecule has 112 valence electrons. The maximum absolute atomic E-state index is 12.1. The van der Waals surface area contributed by atoms with Gasteiger partial charge >= 0.3 is 5.97 Å². The van der Waals surface area contributed by atoms with Gasteiger partial charge in [-0.1, -0.05) is 12.1 Å². The molecule has 5 nitrogen and oxygen atoms in total. The van der Waals surface area contributed by atoms with Gasteiger partial charge in [0.2, 0.25) is 0 Å². The van der Waals surface area contributed by atoms with Gasteiger partial charge in [-0.3, -0.25) is 4.79 Å². The number of aliphatic carboxylic acids is 1. The van der Waals surface area contributed by atoms with Crippen molar-refractivity contribution in [3.05, 3.63) is 65.7 Å². The molecule has 0 unspecified atom stereocenters. The van der Waals surface area contributed by atoms with Crippen molar-refractivity contribution in [1.82, 2.24) is 0 Å². The Morgan fingerprint density at radius 2 is 1.86 bits per heavy atom. The van der Waals surface area contributed by atoms with E-state index in [1.54, 1.807) is 55.6 Å². The highest BCUT2D eigenvalue weighted by Gasteiger charge is 2.06. The van der Waals surface area contributed by atoms with Crippen LogP contribution in [-0.4, -0.2) is 24.1 Å². The lowest BCUT2D eigenvalue weighted by atomic mass is 10.1. The monoisotopic (exact) mass is 297 g/mol. The molecule has 0 aliphatic rings. The lowest BCUT2D eigenvalue weighted by molar-refractivity contribution is -0.131. The van der Waals surface area contributed by atoms with E-state index >= 15 is 0 Å². The zero-order chi connectivity index (χ0) is 15.9. The summed E-state index contributed by atoms with van der Waals surface area (Å²) >= 11 is 0. The second-order valence-corrected chi connectivity index (χ2v) is 4.48. The molecule has 5 heteroatoms. The van der Waals surface area contributed by atoms with Crippen molar-refractivity contribution in [2.24, 2.45) is 0 Å².